The van der Waals surface area contributed by atoms with Crippen LogP contribution in [0.4, 0.5) is 0 Å². The molecule has 1 aliphatic carbocycles. The van der Waals surface area contributed by atoms with E-state index in [1.54, 1.807) is 0 Å². The second-order valence-corrected chi connectivity index (χ2v) is 6.46. The van der Waals surface area contributed by atoms with Crippen molar-refractivity contribution >= 4 is 10.8 Å². The number of rotatable bonds is 4. The number of hydrogen-bond donors (Lipinski definition) is 1. The van der Waals surface area contributed by atoms with Crippen molar-refractivity contribution in [2.75, 3.05) is 0 Å². The number of aliphatic hydroxyl groups excluding tert-OH is 1. The van der Waals surface area contributed by atoms with Gasteiger partial charge in [0.25, 0.3) is 0 Å². The number of nitrogens with zero attached hydrogens (tertiary/aromatic N) is 1. The Bertz CT molecular complexity index is 582. The van der Waals surface area contributed by atoms with Crippen molar-refractivity contribution in [3.05, 3.63) is 42.2 Å². The van der Waals surface area contributed by atoms with Crippen molar-refractivity contribution in [1.82, 2.24) is 4.98 Å². The van der Waals surface area contributed by atoms with Gasteiger partial charge < -0.3 is 5.11 Å². The lowest BCUT2D eigenvalue weighted by Gasteiger charge is -2.31. The van der Waals surface area contributed by atoms with E-state index in [1.165, 1.54) is 25.7 Å². The number of hydrogen-bond acceptors (Lipinski definition) is 2. The smallest absolute Gasteiger partial charge is 0.0839 e. The first kappa shape index (κ1) is 14.5. The predicted octanol–water partition coefficient (Wildman–Crippen LogP) is 4.87. The Kier molecular flexibility index (Phi) is 4.54. The summed E-state index contributed by atoms with van der Waals surface area (Å²) in [6.45, 7) is 2.27. The van der Waals surface area contributed by atoms with Gasteiger partial charge >= 0.3 is 0 Å². The number of pyridine rings is 1. The van der Waals surface area contributed by atoms with Gasteiger partial charge in [-0.05, 0) is 30.1 Å². The molecule has 1 atom stereocenters. The molecule has 1 aromatic heterocycles. The van der Waals surface area contributed by atoms with Gasteiger partial charge in [0.15, 0.2) is 0 Å². The van der Waals surface area contributed by atoms with Crippen LogP contribution in [0.15, 0.2) is 36.7 Å². The van der Waals surface area contributed by atoms with Crippen molar-refractivity contribution in [2.45, 2.75) is 51.6 Å². The van der Waals surface area contributed by atoms with E-state index >= 15 is 0 Å². The van der Waals surface area contributed by atoms with Crippen LogP contribution in [0, 0.1) is 11.8 Å². The zero-order chi connectivity index (χ0) is 14.7. The van der Waals surface area contributed by atoms with Crippen molar-refractivity contribution in [1.29, 1.82) is 0 Å². The molecule has 1 unspecified atom stereocenters. The molecule has 1 aromatic carbocycles. The predicted molar refractivity (Wildman–Crippen MR) is 87.1 cm³/mol. The average molecular weight is 283 g/mol. The Labute approximate surface area is 127 Å². The van der Waals surface area contributed by atoms with E-state index in [0.29, 0.717) is 5.92 Å². The highest BCUT2D eigenvalue weighted by molar-refractivity contribution is 5.84. The first-order chi connectivity index (χ1) is 10.3. The van der Waals surface area contributed by atoms with Crippen molar-refractivity contribution in [2.24, 2.45) is 11.8 Å². The Morgan fingerprint density at radius 3 is 2.67 bits per heavy atom. The molecule has 1 fully saturated rings. The monoisotopic (exact) mass is 283 g/mol. The van der Waals surface area contributed by atoms with Crippen LogP contribution >= 0.6 is 0 Å². The van der Waals surface area contributed by atoms with Crippen LogP contribution in [0.1, 0.15) is 57.1 Å². The van der Waals surface area contributed by atoms with Crippen molar-refractivity contribution in [3.8, 4) is 0 Å². The first-order valence-corrected chi connectivity index (χ1v) is 8.30. The molecule has 0 spiro atoms. The van der Waals surface area contributed by atoms with E-state index in [-0.39, 0.29) is 6.10 Å². The summed E-state index contributed by atoms with van der Waals surface area (Å²) in [6, 6.07) is 8.22. The van der Waals surface area contributed by atoms with Gasteiger partial charge in [-0.15, -0.1) is 0 Å². The van der Waals surface area contributed by atoms with Crippen molar-refractivity contribution < 1.29 is 5.11 Å². The number of aliphatic hydroxyl groups is 1. The van der Waals surface area contributed by atoms with Crippen LogP contribution in [0.5, 0.6) is 0 Å². The minimum absolute atomic E-state index is 0.369. The standard InChI is InChI=1S/C19H25NO/c1-2-5-14-8-10-15(11-9-14)19(21)18-13-20-12-16-6-3-4-7-17(16)18/h3-4,6-7,12-15,19,21H,2,5,8-11H2,1H3. The van der Waals surface area contributed by atoms with Gasteiger partial charge in [-0.25, -0.2) is 0 Å². The normalized spacial score (nSPS) is 24.1. The minimum Gasteiger partial charge on any atom is -0.388 e. The summed E-state index contributed by atoms with van der Waals surface area (Å²) in [7, 11) is 0. The van der Waals surface area contributed by atoms with Gasteiger partial charge in [0.2, 0.25) is 0 Å². The van der Waals surface area contributed by atoms with Gasteiger partial charge in [0.05, 0.1) is 6.10 Å². The molecule has 0 amide bonds. The first-order valence-electron chi connectivity index (χ1n) is 8.30. The fourth-order valence-corrected chi connectivity index (χ4v) is 3.83. The molecule has 1 saturated carbocycles. The number of fused-ring (bicyclic) bond motifs is 1. The molecule has 2 aromatic rings. The van der Waals surface area contributed by atoms with Gasteiger partial charge in [-0.2, -0.15) is 0 Å². The highest BCUT2D eigenvalue weighted by Gasteiger charge is 2.27. The minimum atomic E-state index is -0.369. The summed E-state index contributed by atoms with van der Waals surface area (Å²) >= 11 is 0. The van der Waals surface area contributed by atoms with Crippen LogP contribution in [0.3, 0.4) is 0 Å². The molecule has 21 heavy (non-hydrogen) atoms. The fraction of sp³-hybridized carbons (Fsp3) is 0.526. The molecule has 112 valence electrons. The van der Waals surface area contributed by atoms with E-state index < -0.39 is 0 Å². The van der Waals surface area contributed by atoms with Gasteiger partial charge in [-0.3, -0.25) is 4.98 Å². The summed E-state index contributed by atoms with van der Waals surface area (Å²) in [4.78, 5) is 4.31. The van der Waals surface area contributed by atoms with Gasteiger partial charge in [0, 0.05) is 23.3 Å². The van der Waals surface area contributed by atoms with E-state index in [1.807, 2.05) is 24.5 Å². The van der Waals surface area contributed by atoms with Gasteiger partial charge in [-0.1, -0.05) is 56.9 Å². The summed E-state index contributed by atoms with van der Waals surface area (Å²) in [5, 5.41) is 13.1. The SMILES string of the molecule is CCCC1CCC(C(O)c2cncc3ccccc23)CC1. The summed E-state index contributed by atoms with van der Waals surface area (Å²) in [5.74, 6) is 1.27. The maximum atomic E-state index is 10.8. The Morgan fingerprint density at radius 2 is 1.90 bits per heavy atom. The van der Waals surface area contributed by atoms with Crippen LogP contribution in [0.2, 0.25) is 0 Å². The maximum Gasteiger partial charge on any atom is 0.0839 e. The van der Waals surface area contributed by atoms with E-state index in [4.69, 9.17) is 0 Å². The van der Waals surface area contributed by atoms with Crippen LogP contribution in [-0.4, -0.2) is 10.1 Å². The third kappa shape index (κ3) is 3.11. The molecule has 2 nitrogen and oxygen atoms in total. The molecule has 0 radical (unpaired) electrons. The van der Waals surface area contributed by atoms with E-state index in [9.17, 15) is 5.11 Å². The zero-order valence-corrected chi connectivity index (χ0v) is 12.8. The number of benzene rings is 1. The Hall–Kier alpha value is -1.41. The maximum absolute atomic E-state index is 10.8. The topological polar surface area (TPSA) is 33.1 Å². The lowest BCUT2D eigenvalue weighted by molar-refractivity contribution is 0.0731. The number of aromatic nitrogens is 1. The summed E-state index contributed by atoms with van der Waals surface area (Å²) in [6.07, 6.45) is 10.8. The molecule has 1 aliphatic rings. The zero-order valence-electron chi connectivity index (χ0n) is 12.8. The van der Waals surface area contributed by atoms with E-state index in [2.05, 4.69) is 24.0 Å². The lowest BCUT2D eigenvalue weighted by atomic mass is 9.76. The highest BCUT2D eigenvalue weighted by Crippen LogP contribution is 2.39. The summed E-state index contributed by atoms with van der Waals surface area (Å²) < 4.78 is 0. The Morgan fingerprint density at radius 1 is 1.14 bits per heavy atom. The van der Waals surface area contributed by atoms with Crippen LogP contribution in [0.25, 0.3) is 10.8 Å². The van der Waals surface area contributed by atoms with Crippen LogP contribution in [-0.2, 0) is 0 Å². The molecule has 1 heterocycles. The second-order valence-electron chi connectivity index (χ2n) is 6.46. The van der Waals surface area contributed by atoms with Crippen molar-refractivity contribution in [3.63, 3.8) is 0 Å². The Balaban J connectivity index is 1.77. The molecular formula is C19H25NO. The van der Waals surface area contributed by atoms with Gasteiger partial charge in [0.1, 0.15) is 0 Å². The average Bonchev–Trinajstić information content (AvgIpc) is 2.55. The summed E-state index contributed by atoms with van der Waals surface area (Å²) in [5.41, 5.74) is 1.01. The largest absolute Gasteiger partial charge is 0.388 e. The van der Waals surface area contributed by atoms with Crippen LogP contribution < -0.4 is 0 Å². The third-order valence-corrected chi connectivity index (χ3v) is 5.05. The van der Waals surface area contributed by atoms with E-state index in [0.717, 1.165) is 35.1 Å². The lowest BCUT2D eigenvalue weighted by Crippen LogP contribution is -2.20. The third-order valence-electron chi connectivity index (χ3n) is 5.05. The molecule has 1 N–H and O–H groups in total. The molecule has 3 rings (SSSR count). The molecule has 0 bridgehead atoms. The second kappa shape index (κ2) is 6.57. The quantitative estimate of drug-likeness (QED) is 0.868. The molecule has 0 saturated heterocycles. The molecule has 0 aliphatic heterocycles. The molecule has 2 heteroatoms. The fourth-order valence-electron chi connectivity index (χ4n) is 3.83. The molecular weight excluding hydrogens is 258 g/mol. The highest BCUT2D eigenvalue weighted by atomic mass is 16.3.